The van der Waals surface area contributed by atoms with Gasteiger partial charge in [0.15, 0.2) is 5.43 Å². The van der Waals surface area contributed by atoms with Gasteiger partial charge in [0.25, 0.3) is 0 Å². The molecule has 0 N–H and O–H groups in total. The highest BCUT2D eigenvalue weighted by atomic mass is 16.5. The number of hydrogen-bond donors (Lipinski definition) is 0. The highest BCUT2D eigenvalue weighted by Crippen LogP contribution is 2.29. The van der Waals surface area contributed by atoms with E-state index in [4.69, 9.17) is 9.47 Å². The van der Waals surface area contributed by atoms with Crippen LogP contribution in [0.15, 0.2) is 83.7 Å². The van der Waals surface area contributed by atoms with Crippen LogP contribution in [0, 0.1) is 0 Å². The monoisotopic (exact) mass is 357 g/mol. The molecule has 0 aliphatic carbocycles. The van der Waals surface area contributed by atoms with Gasteiger partial charge in [0.1, 0.15) is 11.5 Å². The first-order chi connectivity index (χ1) is 13.2. The van der Waals surface area contributed by atoms with Crippen molar-refractivity contribution in [2.45, 2.75) is 0 Å². The number of nitrogens with zero attached hydrogens (tertiary/aromatic N) is 1. The van der Waals surface area contributed by atoms with Crippen molar-refractivity contribution in [3.05, 3.63) is 89.1 Å². The molecule has 1 aromatic heterocycles. The molecular formula is C23H19NO3. The molecule has 0 amide bonds. The van der Waals surface area contributed by atoms with E-state index >= 15 is 0 Å². The Morgan fingerprint density at radius 3 is 2.22 bits per heavy atom. The summed E-state index contributed by atoms with van der Waals surface area (Å²) in [5.74, 6) is 1.53. The number of fused-ring (bicyclic) bond motifs is 1. The molecule has 4 aromatic rings. The Morgan fingerprint density at radius 2 is 1.48 bits per heavy atom. The lowest BCUT2D eigenvalue weighted by molar-refractivity contribution is 0.414. The number of ether oxygens (including phenoxy) is 2. The number of para-hydroxylation sites is 1. The number of pyridine rings is 1. The predicted octanol–water partition coefficient (Wildman–Crippen LogP) is 4.67. The van der Waals surface area contributed by atoms with Crippen molar-refractivity contribution in [2.24, 2.45) is 0 Å². The Balaban J connectivity index is 2.06. The van der Waals surface area contributed by atoms with Crippen LogP contribution in [0.25, 0.3) is 27.8 Å². The third-order valence-electron chi connectivity index (χ3n) is 4.62. The summed E-state index contributed by atoms with van der Waals surface area (Å²) in [4.78, 5) is 12.7. The van der Waals surface area contributed by atoms with Gasteiger partial charge in [-0.05, 0) is 54.1 Å². The lowest BCUT2D eigenvalue weighted by Gasteiger charge is -2.18. The fourth-order valence-corrected chi connectivity index (χ4v) is 3.28. The van der Waals surface area contributed by atoms with Gasteiger partial charge in [-0.25, -0.2) is 0 Å². The number of rotatable bonds is 4. The molecule has 0 saturated heterocycles. The van der Waals surface area contributed by atoms with E-state index in [1.165, 1.54) is 0 Å². The van der Waals surface area contributed by atoms with Crippen molar-refractivity contribution in [3.63, 3.8) is 0 Å². The molecule has 134 valence electrons. The van der Waals surface area contributed by atoms with E-state index in [1.807, 2.05) is 72.8 Å². The van der Waals surface area contributed by atoms with E-state index in [1.54, 1.807) is 20.3 Å². The van der Waals surface area contributed by atoms with E-state index in [0.717, 1.165) is 34.0 Å². The van der Waals surface area contributed by atoms with Crippen molar-refractivity contribution in [2.75, 3.05) is 14.2 Å². The smallest absolute Gasteiger partial charge is 0.190 e. The van der Waals surface area contributed by atoms with Gasteiger partial charge in [0, 0.05) is 23.2 Å². The van der Waals surface area contributed by atoms with Crippen LogP contribution in [0.4, 0.5) is 0 Å². The summed E-state index contributed by atoms with van der Waals surface area (Å²) in [7, 11) is 3.28. The van der Waals surface area contributed by atoms with Gasteiger partial charge in [0.2, 0.25) is 0 Å². The third kappa shape index (κ3) is 3.06. The maximum atomic E-state index is 12.7. The maximum absolute atomic E-state index is 12.7. The Labute approximate surface area is 157 Å². The Kier molecular flexibility index (Phi) is 4.38. The largest absolute Gasteiger partial charge is 0.497 e. The number of aromatic nitrogens is 1. The molecule has 1 heterocycles. The minimum Gasteiger partial charge on any atom is -0.497 e. The highest BCUT2D eigenvalue weighted by Gasteiger charge is 2.13. The summed E-state index contributed by atoms with van der Waals surface area (Å²) in [5, 5.41) is 0.678. The minimum absolute atomic E-state index is 0.00411. The highest BCUT2D eigenvalue weighted by molar-refractivity contribution is 5.85. The standard InChI is InChI=1S/C23H19NO3/c1-26-18-12-10-16(11-13-18)22-15-23(25)20-8-3-4-9-21(20)24(22)17-6-5-7-19(14-17)27-2/h3-15H,1-2H3. The topological polar surface area (TPSA) is 40.5 Å². The van der Waals surface area contributed by atoms with Crippen LogP contribution in [0.5, 0.6) is 11.5 Å². The second kappa shape index (κ2) is 7.00. The zero-order chi connectivity index (χ0) is 18.8. The zero-order valence-corrected chi connectivity index (χ0v) is 15.2. The molecule has 0 aliphatic rings. The van der Waals surface area contributed by atoms with E-state index in [2.05, 4.69) is 4.57 Å². The lowest BCUT2D eigenvalue weighted by Crippen LogP contribution is -2.10. The normalized spacial score (nSPS) is 10.7. The van der Waals surface area contributed by atoms with Crippen LogP contribution in [0.1, 0.15) is 0 Å². The molecule has 27 heavy (non-hydrogen) atoms. The molecule has 0 aliphatic heterocycles. The summed E-state index contributed by atoms with van der Waals surface area (Å²) in [5.41, 5.74) is 3.52. The molecule has 0 atom stereocenters. The van der Waals surface area contributed by atoms with Gasteiger partial charge in [-0.2, -0.15) is 0 Å². The average molecular weight is 357 g/mol. The van der Waals surface area contributed by atoms with Crippen molar-refractivity contribution >= 4 is 10.9 Å². The van der Waals surface area contributed by atoms with E-state index < -0.39 is 0 Å². The van der Waals surface area contributed by atoms with E-state index in [0.29, 0.717) is 5.39 Å². The third-order valence-corrected chi connectivity index (χ3v) is 4.62. The van der Waals surface area contributed by atoms with Gasteiger partial charge in [-0.15, -0.1) is 0 Å². The van der Waals surface area contributed by atoms with Crippen LogP contribution >= 0.6 is 0 Å². The predicted molar refractivity (Wildman–Crippen MR) is 108 cm³/mol. The van der Waals surface area contributed by atoms with Gasteiger partial charge in [-0.1, -0.05) is 18.2 Å². The van der Waals surface area contributed by atoms with Gasteiger partial charge in [-0.3, -0.25) is 4.79 Å². The molecule has 3 aromatic carbocycles. The zero-order valence-electron chi connectivity index (χ0n) is 15.2. The molecular weight excluding hydrogens is 338 g/mol. The van der Waals surface area contributed by atoms with Crippen molar-refractivity contribution in [1.29, 1.82) is 0 Å². The van der Waals surface area contributed by atoms with Crippen molar-refractivity contribution in [1.82, 2.24) is 4.57 Å². The first-order valence-corrected chi connectivity index (χ1v) is 8.65. The van der Waals surface area contributed by atoms with Crippen molar-refractivity contribution in [3.8, 4) is 28.4 Å². The molecule has 0 unspecified atom stereocenters. The molecule has 0 fully saturated rings. The van der Waals surface area contributed by atoms with Crippen LogP contribution in [-0.4, -0.2) is 18.8 Å². The van der Waals surface area contributed by atoms with Gasteiger partial charge < -0.3 is 14.0 Å². The minimum atomic E-state index is -0.00411. The molecule has 0 radical (unpaired) electrons. The van der Waals surface area contributed by atoms with Crippen LogP contribution < -0.4 is 14.9 Å². The quantitative estimate of drug-likeness (QED) is 0.533. The van der Waals surface area contributed by atoms with Gasteiger partial charge >= 0.3 is 0 Å². The molecule has 4 nitrogen and oxygen atoms in total. The van der Waals surface area contributed by atoms with Gasteiger partial charge in [0.05, 0.1) is 25.4 Å². The maximum Gasteiger partial charge on any atom is 0.190 e. The molecule has 0 bridgehead atoms. The first kappa shape index (κ1) is 16.9. The summed E-state index contributed by atoms with van der Waals surface area (Å²) >= 11 is 0. The fourth-order valence-electron chi connectivity index (χ4n) is 3.28. The fraction of sp³-hybridized carbons (Fsp3) is 0.0870. The molecule has 4 heteroatoms. The second-order valence-corrected chi connectivity index (χ2v) is 6.18. The first-order valence-electron chi connectivity index (χ1n) is 8.65. The number of methoxy groups -OCH3 is 2. The Hall–Kier alpha value is -3.53. The summed E-state index contributed by atoms with van der Waals surface area (Å²) in [6.07, 6.45) is 0. The molecule has 0 spiro atoms. The van der Waals surface area contributed by atoms with Crippen LogP contribution in [-0.2, 0) is 0 Å². The SMILES string of the molecule is COc1ccc(-c2cc(=O)c3ccccc3n2-c2cccc(OC)c2)cc1. The molecule has 0 saturated carbocycles. The van der Waals surface area contributed by atoms with Crippen molar-refractivity contribution < 1.29 is 9.47 Å². The summed E-state index contributed by atoms with van der Waals surface area (Å²) < 4.78 is 12.7. The van der Waals surface area contributed by atoms with Crippen LogP contribution in [0.3, 0.4) is 0 Å². The second-order valence-electron chi connectivity index (χ2n) is 6.18. The number of benzene rings is 3. The van der Waals surface area contributed by atoms with E-state index in [9.17, 15) is 4.79 Å². The Bertz CT molecular complexity index is 1160. The summed E-state index contributed by atoms with van der Waals surface area (Å²) in [6, 6.07) is 24.8. The average Bonchev–Trinajstić information content (AvgIpc) is 2.74. The van der Waals surface area contributed by atoms with E-state index in [-0.39, 0.29) is 5.43 Å². The summed E-state index contributed by atoms with van der Waals surface area (Å²) in [6.45, 7) is 0. The Morgan fingerprint density at radius 1 is 0.741 bits per heavy atom. The molecule has 4 rings (SSSR count). The number of hydrogen-bond acceptors (Lipinski definition) is 3. The van der Waals surface area contributed by atoms with Crippen LogP contribution in [0.2, 0.25) is 0 Å². The lowest BCUT2D eigenvalue weighted by atomic mass is 10.1.